The number of nitrogens with zero attached hydrogens (tertiary/aromatic N) is 1. The van der Waals surface area contributed by atoms with E-state index in [1.54, 1.807) is 19.1 Å². The second-order valence-electron chi connectivity index (χ2n) is 6.07. The Bertz CT molecular complexity index is 998. The summed E-state index contributed by atoms with van der Waals surface area (Å²) in [6.07, 6.45) is 1.30. The Hall–Kier alpha value is -2.59. The fourth-order valence-electron chi connectivity index (χ4n) is 2.81. The van der Waals surface area contributed by atoms with Crippen molar-refractivity contribution in [3.05, 3.63) is 54.1 Å². The molecule has 0 saturated carbocycles. The number of halogens is 4. The Balaban J connectivity index is 1.91. The summed E-state index contributed by atoms with van der Waals surface area (Å²) in [5, 5.41) is 0. The number of rotatable bonds is 6. The molecule has 0 unspecified atom stereocenters. The second kappa shape index (κ2) is 9.48. The fraction of sp³-hybridized carbons (Fsp3) is 0.200. The van der Waals surface area contributed by atoms with Crippen molar-refractivity contribution in [2.24, 2.45) is 0 Å². The summed E-state index contributed by atoms with van der Waals surface area (Å²) in [5.74, 6) is -1.03. The zero-order chi connectivity index (χ0) is 21.8. The van der Waals surface area contributed by atoms with E-state index in [1.807, 2.05) is 12.1 Å². The molecular formula is C20H15F4NO3S2. The topological polar surface area (TPSA) is 38.8 Å². The van der Waals surface area contributed by atoms with Crippen LogP contribution >= 0.6 is 24.0 Å². The quantitative estimate of drug-likeness (QED) is 0.313. The number of hydrogen-bond acceptors (Lipinski definition) is 5. The number of carbonyl (C=O) groups excluding carboxylic acids is 1. The number of fused-ring (bicyclic) bond motifs is 1. The van der Waals surface area contributed by atoms with Crippen LogP contribution in [0.3, 0.4) is 0 Å². The number of hydrogen-bond donors (Lipinski definition) is 0. The summed E-state index contributed by atoms with van der Waals surface area (Å²) in [4.78, 5) is 15.7. The molecule has 0 fully saturated rings. The third kappa shape index (κ3) is 5.11. The van der Waals surface area contributed by atoms with E-state index >= 15 is 0 Å². The average molecular weight is 457 g/mol. The molecule has 0 aliphatic carbocycles. The van der Waals surface area contributed by atoms with Crippen molar-refractivity contribution in [2.75, 3.05) is 10.7 Å². The number of carbonyl (C=O) groups is 1. The number of amides is 1. The van der Waals surface area contributed by atoms with Crippen molar-refractivity contribution in [2.45, 2.75) is 25.0 Å². The molecule has 1 aliphatic rings. The maximum absolute atomic E-state index is 12.9. The lowest BCUT2D eigenvalue weighted by Crippen LogP contribution is -2.38. The van der Waals surface area contributed by atoms with Crippen LogP contribution in [0.25, 0.3) is 5.57 Å². The van der Waals surface area contributed by atoms with Crippen molar-refractivity contribution >= 4 is 46.1 Å². The zero-order valence-electron chi connectivity index (χ0n) is 15.5. The highest BCUT2D eigenvalue weighted by atomic mass is 32.2. The van der Waals surface area contributed by atoms with Crippen LogP contribution in [0, 0.1) is 0 Å². The molecule has 0 bridgehead atoms. The molecule has 0 saturated heterocycles. The van der Waals surface area contributed by atoms with Crippen molar-refractivity contribution in [1.82, 2.24) is 0 Å². The Morgan fingerprint density at radius 3 is 2.47 bits per heavy atom. The fourth-order valence-corrected chi connectivity index (χ4v) is 4.07. The van der Waals surface area contributed by atoms with Gasteiger partial charge in [-0.2, -0.15) is 17.6 Å². The van der Waals surface area contributed by atoms with Gasteiger partial charge in [-0.05, 0) is 42.3 Å². The van der Waals surface area contributed by atoms with Crippen LogP contribution in [0.2, 0.25) is 0 Å². The first-order valence-electron chi connectivity index (χ1n) is 8.57. The number of para-hydroxylation sites is 1. The van der Waals surface area contributed by atoms with Crippen molar-refractivity contribution < 1.29 is 31.8 Å². The van der Waals surface area contributed by atoms with Crippen molar-refractivity contribution in [3.8, 4) is 11.5 Å². The van der Waals surface area contributed by atoms with Crippen LogP contribution in [0.1, 0.15) is 12.5 Å². The molecule has 10 heteroatoms. The molecule has 158 valence electrons. The Morgan fingerprint density at radius 1 is 1.10 bits per heavy atom. The Labute approximate surface area is 179 Å². The molecule has 2 aromatic rings. The summed E-state index contributed by atoms with van der Waals surface area (Å²) >= 11 is 6.87. The third-order valence-electron chi connectivity index (χ3n) is 4.10. The van der Waals surface area contributed by atoms with Gasteiger partial charge < -0.3 is 9.47 Å². The van der Waals surface area contributed by atoms with Gasteiger partial charge in [-0.15, -0.1) is 11.8 Å². The number of ether oxygens (including phenoxy) is 2. The number of anilines is 1. The van der Waals surface area contributed by atoms with Crippen LogP contribution in [0.15, 0.2) is 53.4 Å². The van der Waals surface area contributed by atoms with E-state index in [9.17, 15) is 22.4 Å². The number of benzene rings is 2. The lowest BCUT2D eigenvalue weighted by atomic mass is 10.1. The van der Waals surface area contributed by atoms with Gasteiger partial charge in [0.15, 0.2) is 11.5 Å². The van der Waals surface area contributed by atoms with Crippen LogP contribution < -0.4 is 14.4 Å². The molecular weight excluding hydrogens is 442 g/mol. The lowest BCUT2D eigenvalue weighted by Gasteiger charge is -2.28. The highest BCUT2D eigenvalue weighted by Crippen LogP contribution is 2.36. The van der Waals surface area contributed by atoms with Gasteiger partial charge in [0.2, 0.25) is 0 Å². The summed E-state index contributed by atoms with van der Waals surface area (Å²) in [6.45, 7) is -4.85. The highest BCUT2D eigenvalue weighted by molar-refractivity contribution is 8.01. The molecule has 0 radical (unpaired) electrons. The minimum Gasteiger partial charge on any atom is -0.431 e. The van der Waals surface area contributed by atoms with Gasteiger partial charge in [-0.3, -0.25) is 9.69 Å². The minimum atomic E-state index is -3.23. The Kier molecular flexibility index (Phi) is 6.99. The van der Waals surface area contributed by atoms with Gasteiger partial charge in [-0.1, -0.05) is 30.4 Å². The third-order valence-corrected chi connectivity index (χ3v) is 5.68. The monoisotopic (exact) mass is 457 g/mol. The van der Waals surface area contributed by atoms with E-state index in [0.717, 1.165) is 17.0 Å². The summed E-state index contributed by atoms with van der Waals surface area (Å²) in [6, 6.07) is 10.9. The van der Waals surface area contributed by atoms with Crippen molar-refractivity contribution in [1.29, 1.82) is 0 Å². The first kappa shape index (κ1) is 22.1. The lowest BCUT2D eigenvalue weighted by molar-refractivity contribution is -0.113. The molecule has 0 atom stereocenters. The van der Waals surface area contributed by atoms with E-state index in [0.29, 0.717) is 27.6 Å². The van der Waals surface area contributed by atoms with Crippen LogP contribution in [0.4, 0.5) is 23.2 Å². The predicted octanol–water partition coefficient (Wildman–Crippen LogP) is 5.76. The normalized spacial score (nSPS) is 14.2. The first-order valence-corrected chi connectivity index (χ1v) is 9.96. The van der Waals surface area contributed by atoms with Gasteiger partial charge in [0.05, 0.1) is 5.69 Å². The summed E-state index contributed by atoms with van der Waals surface area (Å²) < 4.78 is 58.8. The van der Waals surface area contributed by atoms with Crippen LogP contribution in [-0.4, -0.2) is 29.9 Å². The molecule has 0 aromatic heterocycles. The smallest absolute Gasteiger partial charge is 0.387 e. The molecule has 4 nitrogen and oxygen atoms in total. The van der Waals surface area contributed by atoms with Crippen molar-refractivity contribution in [3.63, 3.8) is 0 Å². The molecule has 1 heterocycles. The summed E-state index contributed by atoms with van der Waals surface area (Å²) in [7, 11) is 0. The molecule has 30 heavy (non-hydrogen) atoms. The average Bonchev–Trinajstić information content (AvgIpc) is 2.68. The van der Waals surface area contributed by atoms with E-state index < -0.39 is 30.6 Å². The molecule has 0 N–H and O–H groups in total. The maximum Gasteiger partial charge on any atom is 0.387 e. The van der Waals surface area contributed by atoms with Crippen LogP contribution in [0.5, 0.6) is 11.5 Å². The van der Waals surface area contributed by atoms with Gasteiger partial charge in [0.25, 0.3) is 5.91 Å². The van der Waals surface area contributed by atoms with E-state index in [1.165, 1.54) is 28.8 Å². The number of thiocarbonyl (C=S) groups is 1. The molecule has 3 rings (SSSR count). The van der Waals surface area contributed by atoms with E-state index in [2.05, 4.69) is 9.47 Å². The predicted molar refractivity (Wildman–Crippen MR) is 111 cm³/mol. The minimum absolute atomic E-state index is 0.325. The molecule has 0 spiro atoms. The van der Waals surface area contributed by atoms with E-state index in [4.69, 9.17) is 12.2 Å². The largest absolute Gasteiger partial charge is 0.431 e. The molecule has 1 aliphatic heterocycles. The van der Waals surface area contributed by atoms with Gasteiger partial charge in [0, 0.05) is 16.7 Å². The maximum atomic E-state index is 12.9. The van der Waals surface area contributed by atoms with Crippen LogP contribution in [-0.2, 0) is 4.79 Å². The highest BCUT2D eigenvalue weighted by Gasteiger charge is 2.26. The zero-order valence-corrected chi connectivity index (χ0v) is 17.1. The van der Waals surface area contributed by atoms with Gasteiger partial charge in [-0.25, -0.2) is 0 Å². The number of thioether (sulfide) groups is 1. The van der Waals surface area contributed by atoms with Gasteiger partial charge >= 0.3 is 13.2 Å². The summed E-state index contributed by atoms with van der Waals surface area (Å²) in [5.41, 5.74) is 1.39. The molecule has 1 amide bonds. The second-order valence-corrected chi connectivity index (χ2v) is 7.56. The van der Waals surface area contributed by atoms with E-state index in [-0.39, 0.29) is 0 Å². The number of allylic oxidation sites excluding steroid dienone is 1. The Morgan fingerprint density at radius 2 is 1.77 bits per heavy atom. The molecule has 2 aromatic carbocycles. The SMILES string of the molecule is C/C(=C\C(=O)N1C(=S)CSc2ccccc21)c1ccc(OC(F)F)c(OC(F)F)c1. The van der Waals surface area contributed by atoms with Gasteiger partial charge in [0.1, 0.15) is 4.99 Å². The first-order chi connectivity index (χ1) is 14.3. The number of alkyl halides is 4. The standard InChI is InChI=1S/C20H15F4NO3S2/c1-11(12-6-7-14(27-19(21)22)15(9-12)28-20(23)24)8-17(26)25-13-4-2-3-5-16(13)30-10-18(25)29/h2-9,19-20H,10H2,1H3/b11-8+.